The molecule has 0 bridgehead atoms. The van der Waals surface area contributed by atoms with Crippen LogP contribution in [0.5, 0.6) is 0 Å². The van der Waals surface area contributed by atoms with E-state index in [9.17, 15) is 4.39 Å². The van der Waals surface area contributed by atoms with Crippen LogP contribution in [0.2, 0.25) is 0 Å². The van der Waals surface area contributed by atoms with Crippen LogP contribution >= 0.6 is 11.8 Å². The maximum Gasteiger partial charge on any atom is 0.188 e. The lowest BCUT2D eigenvalue weighted by atomic mass is 10.3. The number of benzene rings is 1. The van der Waals surface area contributed by atoms with Crippen molar-refractivity contribution in [3.8, 4) is 0 Å². The zero-order chi connectivity index (χ0) is 13.7. The largest absolute Gasteiger partial charge is 0.384 e. The molecule has 0 amide bonds. The lowest BCUT2D eigenvalue weighted by Gasteiger charge is -2.06. The highest BCUT2D eigenvalue weighted by Gasteiger charge is 2.00. The molecule has 0 atom stereocenters. The van der Waals surface area contributed by atoms with Crippen molar-refractivity contribution in [3.05, 3.63) is 47.5 Å². The first-order valence-corrected chi connectivity index (χ1v) is 7.06. The number of halogens is 1. The molecule has 0 unspecified atom stereocenters. The van der Waals surface area contributed by atoms with E-state index in [2.05, 4.69) is 15.3 Å². The zero-order valence-corrected chi connectivity index (χ0v) is 11.8. The van der Waals surface area contributed by atoms with Gasteiger partial charge in [0.15, 0.2) is 5.16 Å². The van der Waals surface area contributed by atoms with Gasteiger partial charge in [0.05, 0.1) is 0 Å². The molecule has 1 heterocycles. The van der Waals surface area contributed by atoms with Gasteiger partial charge in [-0.15, -0.1) is 0 Å². The quantitative estimate of drug-likeness (QED) is 0.516. The van der Waals surface area contributed by atoms with E-state index in [-0.39, 0.29) is 5.82 Å². The Bertz CT molecular complexity index is 523. The highest BCUT2D eigenvalue weighted by atomic mass is 32.2. The predicted molar refractivity (Wildman–Crippen MR) is 77.1 cm³/mol. The van der Waals surface area contributed by atoms with Crippen LogP contribution in [-0.2, 0) is 0 Å². The third-order valence-corrected chi connectivity index (χ3v) is 3.32. The van der Waals surface area contributed by atoms with E-state index in [4.69, 9.17) is 0 Å². The molecule has 0 fully saturated rings. The molecule has 0 radical (unpaired) electrons. The summed E-state index contributed by atoms with van der Waals surface area (Å²) in [5.74, 6) is 0.642. The number of aromatic nitrogens is 2. The van der Waals surface area contributed by atoms with E-state index in [1.807, 2.05) is 19.9 Å². The summed E-state index contributed by atoms with van der Waals surface area (Å²) in [6, 6.07) is 8.31. The number of rotatable bonds is 5. The fourth-order valence-corrected chi connectivity index (χ4v) is 2.47. The average molecular weight is 277 g/mol. The molecule has 0 aliphatic heterocycles. The normalized spacial score (nSPS) is 10.5. The van der Waals surface area contributed by atoms with Crippen LogP contribution in [-0.4, -0.2) is 22.3 Å². The summed E-state index contributed by atoms with van der Waals surface area (Å²) in [4.78, 5) is 8.73. The molecule has 0 aliphatic carbocycles. The average Bonchev–Trinajstić information content (AvgIpc) is 2.36. The van der Waals surface area contributed by atoms with Gasteiger partial charge in [-0.2, -0.15) is 0 Å². The Balaban J connectivity index is 1.79. The Labute approximate surface area is 116 Å². The molecule has 0 saturated heterocycles. The van der Waals surface area contributed by atoms with E-state index >= 15 is 0 Å². The summed E-state index contributed by atoms with van der Waals surface area (Å²) in [6.07, 6.45) is 0. The van der Waals surface area contributed by atoms with Crippen LogP contribution in [0.3, 0.4) is 0 Å². The van der Waals surface area contributed by atoms with Crippen molar-refractivity contribution in [1.82, 2.24) is 9.97 Å². The van der Waals surface area contributed by atoms with Crippen molar-refractivity contribution >= 4 is 17.4 Å². The highest BCUT2D eigenvalue weighted by molar-refractivity contribution is 7.99. The van der Waals surface area contributed by atoms with Crippen molar-refractivity contribution in [2.45, 2.75) is 19.0 Å². The minimum absolute atomic E-state index is 0.219. The minimum atomic E-state index is -0.219. The first kappa shape index (κ1) is 13.8. The number of hydrogen-bond acceptors (Lipinski definition) is 4. The van der Waals surface area contributed by atoms with Gasteiger partial charge in [0.2, 0.25) is 0 Å². The van der Waals surface area contributed by atoms with Gasteiger partial charge in [0.1, 0.15) is 5.82 Å². The Morgan fingerprint density at radius 1 is 1.11 bits per heavy atom. The van der Waals surface area contributed by atoms with Gasteiger partial charge < -0.3 is 5.32 Å². The first-order chi connectivity index (χ1) is 9.13. The summed E-state index contributed by atoms with van der Waals surface area (Å²) in [5.41, 5.74) is 2.89. The van der Waals surface area contributed by atoms with Crippen molar-refractivity contribution in [2.24, 2.45) is 0 Å². The molecule has 1 aromatic carbocycles. The molecule has 1 aromatic heterocycles. The second-order valence-electron chi connectivity index (χ2n) is 4.22. The molecule has 0 aliphatic rings. The van der Waals surface area contributed by atoms with Crippen molar-refractivity contribution in [3.63, 3.8) is 0 Å². The van der Waals surface area contributed by atoms with Gasteiger partial charge in [-0.1, -0.05) is 11.8 Å². The van der Waals surface area contributed by atoms with Crippen LogP contribution in [0.15, 0.2) is 35.5 Å². The molecular weight excluding hydrogens is 261 g/mol. The molecule has 5 heteroatoms. The minimum Gasteiger partial charge on any atom is -0.384 e. The lowest BCUT2D eigenvalue weighted by molar-refractivity contribution is 0.628. The van der Waals surface area contributed by atoms with Gasteiger partial charge in [-0.05, 0) is 44.2 Å². The highest BCUT2D eigenvalue weighted by Crippen LogP contribution is 2.14. The monoisotopic (exact) mass is 277 g/mol. The van der Waals surface area contributed by atoms with Crippen LogP contribution in [0.25, 0.3) is 0 Å². The van der Waals surface area contributed by atoms with Crippen LogP contribution < -0.4 is 5.32 Å². The molecule has 2 aromatic rings. The number of hydrogen-bond donors (Lipinski definition) is 1. The summed E-state index contributed by atoms with van der Waals surface area (Å²) in [5, 5.41) is 4.03. The summed E-state index contributed by atoms with van der Waals surface area (Å²) < 4.78 is 12.7. The predicted octanol–water partition coefficient (Wildman–Crippen LogP) is 3.44. The van der Waals surface area contributed by atoms with Gasteiger partial charge in [-0.3, -0.25) is 0 Å². The van der Waals surface area contributed by atoms with Crippen LogP contribution in [0.4, 0.5) is 10.1 Å². The van der Waals surface area contributed by atoms with E-state index in [0.717, 1.165) is 34.5 Å². The lowest BCUT2D eigenvalue weighted by Crippen LogP contribution is -2.04. The molecular formula is C14H16FN3S. The third-order valence-electron chi connectivity index (χ3n) is 2.47. The van der Waals surface area contributed by atoms with E-state index < -0.39 is 0 Å². The molecule has 100 valence electrons. The maximum absolute atomic E-state index is 12.7. The summed E-state index contributed by atoms with van der Waals surface area (Å²) in [6.45, 7) is 4.72. The molecule has 2 rings (SSSR count). The van der Waals surface area contributed by atoms with Gasteiger partial charge in [0.25, 0.3) is 0 Å². The van der Waals surface area contributed by atoms with E-state index in [1.54, 1.807) is 23.9 Å². The number of thioether (sulfide) groups is 1. The molecule has 19 heavy (non-hydrogen) atoms. The number of nitrogens with one attached hydrogen (secondary N) is 1. The number of anilines is 1. The molecule has 0 spiro atoms. The van der Waals surface area contributed by atoms with Crippen LogP contribution in [0.1, 0.15) is 11.4 Å². The molecule has 1 N–H and O–H groups in total. The van der Waals surface area contributed by atoms with Gasteiger partial charge in [-0.25, -0.2) is 14.4 Å². The van der Waals surface area contributed by atoms with E-state index in [1.165, 1.54) is 12.1 Å². The van der Waals surface area contributed by atoms with Crippen molar-refractivity contribution < 1.29 is 4.39 Å². The first-order valence-electron chi connectivity index (χ1n) is 6.08. The second-order valence-corrected chi connectivity index (χ2v) is 5.28. The topological polar surface area (TPSA) is 37.8 Å². The zero-order valence-electron chi connectivity index (χ0n) is 11.0. The SMILES string of the molecule is Cc1cc(C)nc(SCCNc2ccc(F)cc2)n1. The second kappa shape index (κ2) is 6.52. The van der Waals surface area contributed by atoms with E-state index in [0.29, 0.717) is 0 Å². The Morgan fingerprint density at radius 2 is 1.74 bits per heavy atom. The number of aryl methyl sites for hydroxylation is 2. The Hall–Kier alpha value is -1.62. The van der Waals surface area contributed by atoms with Crippen LogP contribution in [0, 0.1) is 19.7 Å². The van der Waals surface area contributed by atoms with Gasteiger partial charge in [0, 0.05) is 29.4 Å². The van der Waals surface area contributed by atoms with Crippen molar-refractivity contribution in [1.29, 1.82) is 0 Å². The summed E-state index contributed by atoms with van der Waals surface area (Å²) in [7, 11) is 0. The summed E-state index contributed by atoms with van der Waals surface area (Å²) >= 11 is 1.61. The fourth-order valence-electron chi connectivity index (χ4n) is 1.66. The smallest absolute Gasteiger partial charge is 0.188 e. The van der Waals surface area contributed by atoms with Gasteiger partial charge >= 0.3 is 0 Å². The maximum atomic E-state index is 12.7. The molecule has 3 nitrogen and oxygen atoms in total. The fraction of sp³-hybridized carbons (Fsp3) is 0.286. The Kier molecular flexibility index (Phi) is 4.74. The standard InChI is InChI=1S/C14H16FN3S/c1-10-9-11(2)18-14(17-10)19-8-7-16-13-5-3-12(15)4-6-13/h3-6,9,16H,7-8H2,1-2H3. The number of nitrogens with zero attached hydrogens (tertiary/aromatic N) is 2. The third kappa shape index (κ3) is 4.52. The molecule has 0 saturated carbocycles. The Morgan fingerprint density at radius 3 is 2.37 bits per heavy atom. The van der Waals surface area contributed by atoms with Crippen molar-refractivity contribution in [2.75, 3.05) is 17.6 Å².